The van der Waals surface area contributed by atoms with Gasteiger partial charge in [-0.05, 0) is 62.7 Å². The van der Waals surface area contributed by atoms with Gasteiger partial charge in [-0.1, -0.05) is 23.2 Å². The Morgan fingerprint density at radius 2 is 1.80 bits per heavy atom. The maximum atomic E-state index is 12.3. The monoisotopic (exact) mass is 448 g/mol. The van der Waals surface area contributed by atoms with E-state index < -0.39 is 11.7 Å². The normalized spacial score (nSPS) is 11.4. The Morgan fingerprint density at radius 1 is 1.10 bits per heavy atom. The number of fused-ring (bicyclic) bond motifs is 1. The van der Waals surface area contributed by atoms with Crippen LogP contribution in [0.1, 0.15) is 32.2 Å². The molecular weight excluding hydrogens is 427 g/mol. The van der Waals surface area contributed by atoms with Crippen LogP contribution in [-0.4, -0.2) is 34.1 Å². The van der Waals surface area contributed by atoms with Crippen LogP contribution in [0, 0.1) is 0 Å². The quantitative estimate of drug-likeness (QED) is 0.515. The first-order valence-corrected chi connectivity index (χ1v) is 10.0. The molecule has 2 amide bonds. The maximum absolute atomic E-state index is 12.3. The van der Waals surface area contributed by atoms with E-state index >= 15 is 0 Å². The van der Waals surface area contributed by atoms with E-state index in [0.29, 0.717) is 28.0 Å². The number of nitrogens with one attached hydrogen (secondary N) is 3. The number of nitrogens with zero attached hydrogens (tertiary/aromatic N) is 1. The Labute approximate surface area is 184 Å². The molecule has 0 spiro atoms. The number of anilines is 1. The highest BCUT2D eigenvalue weighted by Crippen LogP contribution is 2.24. The number of benzene rings is 2. The molecule has 0 aliphatic carbocycles. The van der Waals surface area contributed by atoms with Crippen molar-refractivity contribution in [3.8, 4) is 0 Å². The van der Waals surface area contributed by atoms with Crippen LogP contribution >= 0.6 is 23.2 Å². The summed E-state index contributed by atoms with van der Waals surface area (Å²) < 4.78 is 5.12. The average molecular weight is 449 g/mol. The lowest BCUT2D eigenvalue weighted by atomic mass is 10.1. The van der Waals surface area contributed by atoms with Gasteiger partial charge in [0.15, 0.2) is 0 Å². The lowest BCUT2D eigenvalue weighted by Crippen LogP contribution is -2.37. The van der Waals surface area contributed by atoms with E-state index in [-0.39, 0.29) is 12.5 Å². The first-order chi connectivity index (χ1) is 14.1. The Morgan fingerprint density at radius 3 is 2.53 bits per heavy atom. The number of aromatic amines is 1. The van der Waals surface area contributed by atoms with Gasteiger partial charge in [-0.3, -0.25) is 4.79 Å². The summed E-state index contributed by atoms with van der Waals surface area (Å²) in [5, 5.41) is 6.37. The van der Waals surface area contributed by atoms with Gasteiger partial charge in [0, 0.05) is 22.2 Å². The number of carbonyl (C=O) groups excluding carboxylic acids is 2. The molecule has 3 N–H and O–H groups in total. The van der Waals surface area contributed by atoms with Crippen molar-refractivity contribution in [2.75, 3.05) is 11.9 Å². The number of hydrogen-bond acceptors (Lipinski definition) is 4. The van der Waals surface area contributed by atoms with E-state index in [1.165, 1.54) is 0 Å². The first kappa shape index (κ1) is 21.9. The van der Waals surface area contributed by atoms with Gasteiger partial charge in [-0.15, -0.1) is 0 Å². The lowest BCUT2D eigenvalue weighted by Gasteiger charge is -2.19. The van der Waals surface area contributed by atoms with Crippen LogP contribution < -0.4 is 10.6 Å². The van der Waals surface area contributed by atoms with Crippen LogP contribution in [0.25, 0.3) is 11.0 Å². The number of halogens is 2. The van der Waals surface area contributed by atoms with Gasteiger partial charge in [0.2, 0.25) is 5.91 Å². The molecule has 0 unspecified atom stereocenters. The molecular formula is C21H22Cl2N4O3. The van der Waals surface area contributed by atoms with Gasteiger partial charge in [0.05, 0.1) is 11.0 Å². The summed E-state index contributed by atoms with van der Waals surface area (Å²) in [6.45, 7) is 5.02. The summed E-state index contributed by atoms with van der Waals surface area (Å²) in [5.41, 5.74) is 2.34. The van der Waals surface area contributed by atoms with Crippen molar-refractivity contribution in [2.24, 2.45) is 0 Å². The van der Waals surface area contributed by atoms with Gasteiger partial charge in [-0.2, -0.15) is 0 Å². The molecule has 158 valence electrons. The number of amides is 2. The predicted molar refractivity (Wildman–Crippen MR) is 118 cm³/mol. The molecule has 3 rings (SSSR count). The van der Waals surface area contributed by atoms with Crippen LogP contribution in [-0.2, 0) is 16.0 Å². The fourth-order valence-corrected chi connectivity index (χ4v) is 3.16. The number of H-pyrrole nitrogens is 1. The Bertz CT molecular complexity index is 1090. The molecule has 2 aromatic carbocycles. The molecule has 0 radical (unpaired) electrons. The number of ether oxygens (including phenoxy) is 1. The molecule has 9 heteroatoms. The van der Waals surface area contributed by atoms with E-state index in [9.17, 15) is 9.59 Å². The lowest BCUT2D eigenvalue weighted by molar-refractivity contribution is -0.115. The van der Waals surface area contributed by atoms with Crippen molar-refractivity contribution in [1.82, 2.24) is 15.3 Å². The van der Waals surface area contributed by atoms with Gasteiger partial charge in [0.1, 0.15) is 18.0 Å². The molecule has 30 heavy (non-hydrogen) atoms. The van der Waals surface area contributed by atoms with Gasteiger partial charge in [0.25, 0.3) is 0 Å². The second-order valence-electron chi connectivity index (χ2n) is 7.73. The number of carbonyl (C=O) groups is 2. The minimum absolute atomic E-state index is 0.222. The zero-order chi connectivity index (χ0) is 21.9. The maximum Gasteiger partial charge on any atom is 0.408 e. The highest BCUT2D eigenvalue weighted by atomic mass is 35.5. The zero-order valence-electron chi connectivity index (χ0n) is 16.8. The fraction of sp³-hybridized carbons (Fsp3) is 0.286. The SMILES string of the molecule is CC(C)(C)OC(=O)NCC(=O)Nc1ccc(Cl)cc1Cc1nc2ccc(Cl)cc2[nH]1. The van der Waals surface area contributed by atoms with E-state index in [1.54, 1.807) is 51.1 Å². The minimum atomic E-state index is -0.657. The summed E-state index contributed by atoms with van der Waals surface area (Å²) in [5.74, 6) is 0.317. The molecule has 0 aliphatic heterocycles. The number of rotatable bonds is 5. The van der Waals surface area contributed by atoms with Crippen LogP contribution in [0.3, 0.4) is 0 Å². The van der Waals surface area contributed by atoms with Crippen LogP contribution in [0.15, 0.2) is 36.4 Å². The fourth-order valence-electron chi connectivity index (χ4n) is 2.79. The second kappa shape index (κ2) is 8.93. The van der Waals surface area contributed by atoms with Crippen molar-refractivity contribution in [2.45, 2.75) is 32.8 Å². The highest BCUT2D eigenvalue weighted by molar-refractivity contribution is 6.31. The van der Waals surface area contributed by atoms with E-state index in [0.717, 1.165) is 16.6 Å². The Kier molecular flexibility index (Phi) is 6.53. The zero-order valence-corrected chi connectivity index (χ0v) is 18.3. The molecule has 3 aromatic rings. The van der Waals surface area contributed by atoms with Crippen molar-refractivity contribution in [3.05, 3.63) is 57.8 Å². The molecule has 0 saturated carbocycles. The summed E-state index contributed by atoms with van der Waals surface area (Å²) in [7, 11) is 0. The van der Waals surface area contributed by atoms with Crippen molar-refractivity contribution in [1.29, 1.82) is 0 Å². The van der Waals surface area contributed by atoms with Crippen molar-refractivity contribution >= 4 is 51.9 Å². The Balaban J connectivity index is 1.70. The summed E-state index contributed by atoms with van der Waals surface area (Å²) in [6.07, 6.45) is -0.239. The van der Waals surface area contributed by atoms with Gasteiger partial charge >= 0.3 is 6.09 Å². The largest absolute Gasteiger partial charge is 0.444 e. The van der Waals surface area contributed by atoms with Gasteiger partial charge in [-0.25, -0.2) is 9.78 Å². The average Bonchev–Trinajstić information content (AvgIpc) is 3.02. The number of aromatic nitrogens is 2. The topological polar surface area (TPSA) is 96.1 Å². The van der Waals surface area contributed by atoms with Crippen LogP contribution in [0.4, 0.5) is 10.5 Å². The molecule has 1 heterocycles. The molecule has 0 fully saturated rings. The van der Waals surface area contributed by atoms with E-state index in [1.807, 2.05) is 6.07 Å². The molecule has 0 aliphatic rings. The highest BCUT2D eigenvalue weighted by Gasteiger charge is 2.17. The predicted octanol–water partition coefficient (Wildman–Crippen LogP) is 4.92. The molecule has 1 aromatic heterocycles. The van der Waals surface area contributed by atoms with Crippen molar-refractivity contribution in [3.63, 3.8) is 0 Å². The molecule has 0 saturated heterocycles. The third-order valence-electron chi connectivity index (χ3n) is 3.98. The van der Waals surface area contributed by atoms with E-state index in [4.69, 9.17) is 27.9 Å². The summed E-state index contributed by atoms with van der Waals surface area (Å²) >= 11 is 12.2. The smallest absolute Gasteiger partial charge is 0.408 e. The van der Waals surface area contributed by atoms with Crippen molar-refractivity contribution < 1.29 is 14.3 Å². The van der Waals surface area contributed by atoms with Crippen LogP contribution in [0.5, 0.6) is 0 Å². The molecule has 7 nitrogen and oxygen atoms in total. The minimum Gasteiger partial charge on any atom is -0.444 e. The molecule has 0 atom stereocenters. The van der Waals surface area contributed by atoms with Crippen LogP contribution in [0.2, 0.25) is 10.0 Å². The molecule has 0 bridgehead atoms. The summed E-state index contributed by atoms with van der Waals surface area (Å²) in [4.78, 5) is 31.8. The third-order valence-corrected chi connectivity index (χ3v) is 4.45. The number of alkyl carbamates (subject to hydrolysis) is 1. The second-order valence-corrected chi connectivity index (χ2v) is 8.60. The van der Waals surface area contributed by atoms with E-state index in [2.05, 4.69) is 20.6 Å². The summed E-state index contributed by atoms with van der Waals surface area (Å²) in [6, 6.07) is 10.6. The first-order valence-electron chi connectivity index (χ1n) is 9.28. The third kappa shape index (κ3) is 6.11. The number of imidazole rings is 1. The number of hydrogen-bond donors (Lipinski definition) is 3. The van der Waals surface area contributed by atoms with Gasteiger partial charge < -0.3 is 20.4 Å². The Hall–Kier alpha value is -2.77. The standard InChI is InChI=1S/C21H22Cl2N4O3/c1-21(2,3)30-20(29)24-11-19(28)27-15-6-4-13(22)8-12(15)9-18-25-16-7-5-14(23)10-17(16)26-18/h4-8,10H,9,11H2,1-3H3,(H,24,29)(H,25,26)(H,27,28).